The minimum atomic E-state index is -0.344. The molecule has 4 rings (SSSR count). The summed E-state index contributed by atoms with van der Waals surface area (Å²) in [5, 5.41) is 13.9. The molecule has 9 nitrogen and oxygen atoms in total. The van der Waals surface area contributed by atoms with Gasteiger partial charge in [-0.15, -0.1) is 21.5 Å². The van der Waals surface area contributed by atoms with Crippen molar-refractivity contribution < 1.29 is 23.8 Å². The third kappa shape index (κ3) is 5.50. The second-order valence-electron chi connectivity index (χ2n) is 6.29. The molecule has 0 aliphatic carbocycles. The number of fused-ring (bicyclic) bond motifs is 1. The van der Waals surface area contributed by atoms with E-state index in [1.165, 1.54) is 23.1 Å². The molecule has 0 fully saturated rings. The summed E-state index contributed by atoms with van der Waals surface area (Å²) < 4.78 is 15.6. The predicted molar refractivity (Wildman–Crippen MR) is 115 cm³/mol. The normalized spacial score (nSPS) is 11.9. The van der Waals surface area contributed by atoms with Crippen molar-refractivity contribution in [2.45, 2.75) is 18.4 Å². The lowest BCUT2D eigenvalue weighted by molar-refractivity contribution is -0.142. The second kappa shape index (κ2) is 9.75. The van der Waals surface area contributed by atoms with Gasteiger partial charge in [0, 0.05) is 10.9 Å². The van der Waals surface area contributed by atoms with E-state index in [0.29, 0.717) is 39.7 Å². The maximum Gasteiger partial charge on any atom is 0.311 e. The highest BCUT2D eigenvalue weighted by Crippen LogP contribution is 2.35. The molecule has 0 bridgehead atoms. The summed E-state index contributed by atoms with van der Waals surface area (Å²) in [6, 6.07) is 9.24. The standard InChI is InChI=1S/C20H18N4O5S2/c1-2-27-19(26)8-13-9-31-20(21-13)22-17(25)10-30-18-6-4-14(23-24-18)12-3-5-15-16(7-12)29-11-28-15/h3-7,9H,2,8,10-11H2,1H3,(H,21,22,25). The van der Waals surface area contributed by atoms with Gasteiger partial charge in [0.15, 0.2) is 16.6 Å². The fourth-order valence-corrected chi connectivity index (χ4v) is 4.05. The van der Waals surface area contributed by atoms with Crippen LogP contribution in [-0.4, -0.2) is 46.2 Å². The molecule has 1 N–H and O–H groups in total. The third-order valence-corrected chi connectivity index (χ3v) is 5.81. The lowest BCUT2D eigenvalue weighted by Crippen LogP contribution is -2.14. The zero-order chi connectivity index (χ0) is 21.6. The number of carbonyl (C=O) groups excluding carboxylic acids is 2. The Hall–Kier alpha value is -3.18. The number of nitrogens with one attached hydrogen (secondary N) is 1. The molecule has 2 aromatic heterocycles. The maximum atomic E-state index is 12.2. The number of anilines is 1. The Labute approximate surface area is 186 Å². The highest BCUT2D eigenvalue weighted by molar-refractivity contribution is 7.99. The first-order chi connectivity index (χ1) is 15.1. The molecule has 0 radical (unpaired) electrons. The number of thiazole rings is 1. The van der Waals surface area contributed by atoms with Crippen LogP contribution in [0.2, 0.25) is 0 Å². The van der Waals surface area contributed by atoms with E-state index in [2.05, 4.69) is 20.5 Å². The van der Waals surface area contributed by atoms with Crippen LogP contribution in [0.1, 0.15) is 12.6 Å². The largest absolute Gasteiger partial charge is 0.466 e. The van der Waals surface area contributed by atoms with E-state index >= 15 is 0 Å². The first-order valence-electron chi connectivity index (χ1n) is 9.37. The van der Waals surface area contributed by atoms with Gasteiger partial charge in [-0.2, -0.15) is 0 Å². The van der Waals surface area contributed by atoms with Crippen LogP contribution in [0.5, 0.6) is 11.5 Å². The smallest absolute Gasteiger partial charge is 0.311 e. The number of aromatic nitrogens is 3. The molecule has 1 aromatic carbocycles. The Bertz CT molecular complexity index is 1090. The number of esters is 1. The quantitative estimate of drug-likeness (QED) is 0.402. The summed E-state index contributed by atoms with van der Waals surface area (Å²) in [7, 11) is 0. The molecular weight excluding hydrogens is 440 g/mol. The van der Waals surface area contributed by atoms with E-state index in [9.17, 15) is 9.59 Å². The summed E-state index contributed by atoms with van der Waals surface area (Å²) in [5.41, 5.74) is 2.13. The monoisotopic (exact) mass is 458 g/mol. The summed E-state index contributed by atoms with van der Waals surface area (Å²) in [6.07, 6.45) is 0.0836. The van der Waals surface area contributed by atoms with Crippen LogP contribution in [0.3, 0.4) is 0 Å². The Morgan fingerprint density at radius 2 is 2.06 bits per heavy atom. The Balaban J connectivity index is 1.28. The molecule has 0 unspecified atom stereocenters. The van der Waals surface area contributed by atoms with E-state index in [0.717, 1.165) is 5.56 Å². The van der Waals surface area contributed by atoms with Crippen molar-refractivity contribution in [2.75, 3.05) is 24.5 Å². The molecule has 3 heterocycles. The zero-order valence-electron chi connectivity index (χ0n) is 16.5. The molecule has 1 aliphatic rings. The van der Waals surface area contributed by atoms with Crippen LogP contribution in [0.25, 0.3) is 11.3 Å². The van der Waals surface area contributed by atoms with Crippen molar-refractivity contribution in [3.8, 4) is 22.8 Å². The summed E-state index contributed by atoms with van der Waals surface area (Å²) in [5.74, 6) is 0.989. The van der Waals surface area contributed by atoms with Crippen molar-refractivity contribution >= 4 is 40.1 Å². The first-order valence-corrected chi connectivity index (χ1v) is 11.2. The van der Waals surface area contributed by atoms with Gasteiger partial charge in [0.25, 0.3) is 0 Å². The molecule has 0 spiro atoms. The third-order valence-electron chi connectivity index (χ3n) is 4.09. The highest BCUT2D eigenvalue weighted by atomic mass is 32.2. The zero-order valence-corrected chi connectivity index (χ0v) is 18.1. The predicted octanol–water partition coefficient (Wildman–Crippen LogP) is 3.17. The molecule has 11 heteroatoms. The number of rotatable bonds is 8. The summed E-state index contributed by atoms with van der Waals surface area (Å²) in [4.78, 5) is 27.9. The van der Waals surface area contributed by atoms with E-state index in [1.807, 2.05) is 30.3 Å². The number of nitrogens with zero attached hydrogens (tertiary/aromatic N) is 3. The molecule has 1 amide bonds. The lowest BCUT2D eigenvalue weighted by atomic mass is 10.1. The molecule has 160 valence electrons. The van der Waals surface area contributed by atoms with Gasteiger partial charge in [-0.3, -0.25) is 9.59 Å². The van der Waals surface area contributed by atoms with Crippen molar-refractivity contribution in [1.82, 2.24) is 15.2 Å². The van der Waals surface area contributed by atoms with Crippen LogP contribution in [0.4, 0.5) is 5.13 Å². The molecule has 1 aliphatic heterocycles. The topological polar surface area (TPSA) is 113 Å². The van der Waals surface area contributed by atoms with Gasteiger partial charge < -0.3 is 19.5 Å². The van der Waals surface area contributed by atoms with Gasteiger partial charge >= 0.3 is 5.97 Å². The van der Waals surface area contributed by atoms with Crippen molar-refractivity contribution in [2.24, 2.45) is 0 Å². The average Bonchev–Trinajstić information content (AvgIpc) is 3.41. The van der Waals surface area contributed by atoms with Crippen LogP contribution < -0.4 is 14.8 Å². The number of ether oxygens (including phenoxy) is 3. The minimum Gasteiger partial charge on any atom is -0.466 e. The van der Waals surface area contributed by atoms with Crippen molar-refractivity contribution in [1.29, 1.82) is 0 Å². The second-order valence-corrected chi connectivity index (χ2v) is 8.14. The van der Waals surface area contributed by atoms with Crippen LogP contribution in [0, 0.1) is 0 Å². The van der Waals surface area contributed by atoms with Crippen molar-refractivity contribution in [3.63, 3.8) is 0 Å². The van der Waals surface area contributed by atoms with Gasteiger partial charge in [0.2, 0.25) is 12.7 Å². The molecule has 3 aromatic rings. The molecule has 31 heavy (non-hydrogen) atoms. The van der Waals surface area contributed by atoms with Gasteiger partial charge in [0.05, 0.1) is 30.2 Å². The Morgan fingerprint density at radius 3 is 2.87 bits per heavy atom. The maximum absolute atomic E-state index is 12.2. The SMILES string of the molecule is CCOC(=O)Cc1csc(NC(=O)CSc2ccc(-c3ccc4c(c3)OCO4)nn2)n1. The summed E-state index contributed by atoms with van der Waals surface area (Å²) in [6.45, 7) is 2.29. The first kappa shape index (κ1) is 21.1. The van der Waals surface area contributed by atoms with Gasteiger partial charge in [0.1, 0.15) is 5.03 Å². The average molecular weight is 459 g/mol. The number of amides is 1. The number of benzene rings is 1. The van der Waals surface area contributed by atoms with Gasteiger partial charge in [-0.25, -0.2) is 4.98 Å². The lowest BCUT2D eigenvalue weighted by Gasteiger charge is -2.04. The molecule has 0 saturated heterocycles. The van der Waals surface area contributed by atoms with Crippen molar-refractivity contribution in [3.05, 3.63) is 41.4 Å². The fourth-order valence-electron chi connectivity index (χ4n) is 2.71. The van der Waals surface area contributed by atoms with E-state index in [-0.39, 0.29) is 30.8 Å². The number of thioether (sulfide) groups is 1. The molecule has 0 atom stereocenters. The molecular formula is C20H18N4O5S2. The van der Waals surface area contributed by atoms with Crippen LogP contribution >= 0.6 is 23.1 Å². The summed E-state index contributed by atoms with van der Waals surface area (Å²) >= 11 is 2.53. The Morgan fingerprint density at radius 1 is 1.19 bits per heavy atom. The fraction of sp³-hybridized carbons (Fsp3) is 0.250. The highest BCUT2D eigenvalue weighted by Gasteiger charge is 2.15. The van der Waals surface area contributed by atoms with Gasteiger partial charge in [-0.05, 0) is 37.3 Å². The molecule has 0 saturated carbocycles. The van der Waals surface area contributed by atoms with Crippen LogP contribution in [-0.2, 0) is 20.7 Å². The van der Waals surface area contributed by atoms with Gasteiger partial charge in [-0.1, -0.05) is 11.8 Å². The number of carbonyl (C=O) groups is 2. The number of hydrogen-bond donors (Lipinski definition) is 1. The van der Waals surface area contributed by atoms with E-state index in [4.69, 9.17) is 14.2 Å². The minimum absolute atomic E-state index is 0.0836. The van der Waals surface area contributed by atoms with E-state index < -0.39 is 0 Å². The van der Waals surface area contributed by atoms with E-state index in [1.54, 1.807) is 12.3 Å². The Kier molecular flexibility index (Phi) is 6.63. The number of hydrogen-bond acceptors (Lipinski definition) is 10. The van der Waals surface area contributed by atoms with Crippen LogP contribution in [0.15, 0.2) is 40.7 Å².